The second kappa shape index (κ2) is 7.92. The van der Waals surface area contributed by atoms with Crippen molar-refractivity contribution >= 4 is 16.9 Å². The summed E-state index contributed by atoms with van der Waals surface area (Å²) in [6.07, 6.45) is -3.40. The van der Waals surface area contributed by atoms with Gasteiger partial charge in [-0.05, 0) is 12.8 Å². The van der Waals surface area contributed by atoms with E-state index in [0.29, 0.717) is 0 Å². The predicted molar refractivity (Wildman–Crippen MR) is 57.4 cm³/mol. The molecule has 0 aromatic carbocycles. The third-order valence-corrected chi connectivity index (χ3v) is 3.06. The molecule has 0 aliphatic heterocycles. The van der Waals surface area contributed by atoms with Crippen molar-refractivity contribution < 1.29 is 22.4 Å². The molecule has 0 bridgehead atoms. The molecule has 16 heavy (non-hydrogen) atoms. The van der Waals surface area contributed by atoms with Crippen LogP contribution >= 0.6 is 11.8 Å². The third kappa shape index (κ3) is 6.35. The molecule has 1 unspecified atom stereocenters. The van der Waals surface area contributed by atoms with E-state index in [4.69, 9.17) is 0 Å². The fourth-order valence-corrected chi connectivity index (χ4v) is 1.83. The lowest BCUT2D eigenvalue weighted by molar-refractivity contribution is -0.110. The average molecular weight is 260 g/mol. The van der Waals surface area contributed by atoms with E-state index in [1.54, 1.807) is 6.92 Å². The smallest absolute Gasteiger partial charge is 0.279 e. The topological polar surface area (TPSA) is 17.1 Å². The number of hydrogen-bond acceptors (Lipinski definition) is 2. The molecule has 0 aliphatic carbocycles. The van der Waals surface area contributed by atoms with Crippen LogP contribution in [0.15, 0.2) is 0 Å². The second-order valence-electron chi connectivity index (χ2n) is 3.38. The average Bonchev–Trinajstić information content (AvgIpc) is 2.25. The number of rotatable bonds is 8. The quantitative estimate of drug-likeness (QED) is 0.618. The fraction of sp³-hybridized carbons (Fsp3) is 0.900. The Morgan fingerprint density at radius 2 is 2.06 bits per heavy atom. The van der Waals surface area contributed by atoms with Gasteiger partial charge in [0.15, 0.2) is 11.3 Å². The predicted octanol–water partition coefficient (Wildman–Crippen LogP) is 3.77. The molecular formula is C10H16F4OS. The van der Waals surface area contributed by atoms with Crippen molar-refractivity contribution in [3.8, 4) is 0 Å². The van der Waals surface area contributed by atoms with Gasteiger partial charge < -0.3 is 0 Å². The maximum Gasteiger partial charge on any atom is 0.279 e. The van der Waals surface area contributed by atoms with Gasteiger partial charge in [0, 0.05) is 18.6 Å². The van der Waals surface area contributed by atoms with Crippen molar-refractivity contribution in [3.05, 3.63) is 0 Å². The maximum atomic E-state index is 13.1. The molecule has 0 aromatic heterocycles. The van der Waals surface area contributed by atoms with Crippen LogP contribution in [-0.2, 0) is 4.79 Å². The zero-order chi connectivity index (χ0) is 12.6. The van der Waals surface area contributed by atoms with Crippen molar-refractivity contribution in [3.63, 3.8) is 0 Å². The lowest BCUT2D eigenvalue weighted by atomic mass is 10.1. The van der Waals surface area contributed by atoms with Gasteiger partial charge >= 0.3 is 0 Å². The van der Waals surface area contributed by atoms with E-state index in [-0.39, 0.29) is 23.7 Å². The Morgan fingerprint density at radius 1 is 1.44 bits per heavy atom. The first-order valence-corrected chi connectivity index (χ1v) is 6.16. The van der Waals surface area contributed by atoms with E-state index >= 15 is 0 Å². The minimum atomic E-state index is -3.46. The van der Waals surface area contributed by atoms with Crippen LogP contribution < -0.4 is 0 Å². The summed E-state index contributed by atoms with van der Waals surface area (Å²) >= 11 is 0.785. The standard InChI is InChI=1S/C10H16F4OS/c1-2-9(15)16-7-5-10(13,14)8(12)4-3-6-11/h8H,2-7H2,1H3. The number of thioether (sulfide) groups is 1. The largest absolute Gasteiger partial charge is 0.287 e. The number of hydrogen-bond donors (Lipinski definition) is 0. The van der Waals surface area contributed by atoms with E-state index < -0.39 is 31.6 Å². The number of halogens is 4. The van der Waals surface area contributed by atoms with Crippen LogP contribution in [0.1, 0.15) is 32.6 Å². The molecule has 0 saturated carbocycles. The molecule has 1 nitrogen and oxygen atoms in total. The van der Waals surface area contributed by atoms with Crippen LogP contribution in [0.25, 0.3) is 0 Å². The minimum absolute atomic E-state index is 0.101. The number of carbonyl (C=O) groups excluding carboxylic acids is 1. The van der Waals surface area contributed by atoms with Crippen LogP contribution in [0.5, 0.6) is 0 Å². The SMILES string of the molecule is CCC(=O)SCCC(F)(F)C(F)CCCF. The van der Waals surface area contributed by atoms with Crippen LogP contribution in [-0.4, -0.2) is 29.6 Å². The van der Waals surface area contributed by atoms with E-state index in [1.165, 1.54) is 0 Å². The van der Waals surface area contributed by atoms with E-state index in [1.807, 2.05) is 0 Å². The van der Waals surface area contributed by atoms with Gasteiger partial charge in [-0.15, -0.1) is 0 Å². The molecule has 0 heterocycles. The summed E-state index contributed by atoms with van der Waals surface area (Å²) in [6, 6.07) is 0. The zero-order valence-corrected chi connectivity index (χ0v) is 9.96. The highest BCUT2D eigenvalue weighted by Gasteiger charge is 2.38. The molecule has 0 amide bonds. The van der Waals surface area contributed by atoms with E-state index in [9.17, 15) is 22.4 Å². The number of alkyl halides is 4. The summed E-state index contributed by atoms with van der Waals surface area (Å²) in [5.74, 6) is -3.56. The Kier molecular flexibility index (Phi) is 7.80. The van der Waals surface area contributed by atoms with Crippen molar-refractivity contribution in [2.45, 2.75) is 44.7 Å². The van der Waals surface area contributed by atoms with E-state index in [0.717, 1.165) is 11.8 Å². The van der Waals surface area contributed by atoms with Crippen molar-refractivity contribution in [1.82, 2.24) is 0 Å². The summed E-state index contributed by atoms with van der Waals surface area (Å²) in [5, 5.41) is -0.185. The fourth-order valence-electron chi connectivity index (χ4n) is 1.03. The molecule has 0 aromatic rings. The summed E-state index contributed by atoms with van der Waals surface area (Å²) < 4.78 is 50.8. The summed E-state index contributed by atoms with van der Waals surface area (Å²) in [7, 11) is 0. The van der Waals surface area contributed by atoms with Crippen LogP contribution in [0, 0.1) is 0 Å². The van der Waals surface area contributed by atoms with Crippen molar-refractivity contribution in [2.75, 3.05) is 12.4 Å². The van der Waals surface area contributed by atoms with Crippen LogP contribution in [0.4, 0.5) is 17.6 Å². The first kappa shape index (κ1) is 15.7. The minimum Gasteiger partial charge on any atom is -0.287 e. The molecule has 0 spiro atoms. The molecule has 0 N–H and O–H groups in total. The first-order valence-electron chi connectivity index (χ1n) is 5.17. The van der Waals surface area contributed by atoms with Gasteiger partial charge in [0.2, 0.25) is 0 Å². The Balaban J connectivity index is 3.88. The molecule has 0 saturated heterocycles. The van der Waals surface area contributed by atoms with Gasteiger partial charge in [-0.3, -0.25) is 9.18 Å². The van der Waals surface area contributed by atoms with Crippen molar-refractivity contribution in [1.29, 1.82) is 0 Å². The molecule has 1 atom stereocenters. The van der Waals surface area contributed by atoms with Gasteiger partial charge in [-0.25, -0.2) is 13.2 Å². The van der Waals surface area contributed by atoms with Gasteiger partial charge in [-0.2, -0.15) is 0 Å². The molecule has 96 valence electrons. The van der Waals surface area contributed by atoms with Gasteiger partial charge in [0.05, 0.1) is 6.67 Å². The number of carbonyl (C=O) groups is 1. The molecule has 0 rings (SSSR count). The first-order chi connectivity index (χ1) is 7.44. The van der Waals surface area contributed by atoms with Gasteiger partial charge in [-0.1, -0.05) is 18.7 Å². The highest BCUT2D eigenvalue weighted by atomic mass is 32.2. The monoisotopic (exact) mass is 260 g/mol. The molecular weight excluding hydrogens is 244 g/mol. The second-order valence-corrected chi connectivity index (χ2v) is 4.54. The van der Waals surface area contributed by atoms with Crippen LogP contribution in [0.2, 0.25) is 0 Å². The van der Waals surface area contributed by atoms with Gasteiger partial charge in [0.25, 0.3) is 5.92 Å². The molecule has 0 fully saturated rings. The Hall–Kier alpha value is -0.260. The zero-order valence-electron chi connectivity index (χ0n) is 9.15. The molecule has 6 heteroatoms. The lowest BCUT2D eigenvalue weighted by Gasteiger charge is -2.19. The molecule has 0 radical (unpaired) electrons. The highest BCUT2D eigenvalue weighted by Crippen LogP contribution is 2.30. The van der Waals surface area contributed by atoms with Gasteiger partial charge in [0.1, 0.15) is 0 Å². The summed E-state index contributed by atoms with van der Waals surface area (Å²) in [6.45, 7) is 0.840. The summed E-state index contributed by atoms with van der Waals surface area (Å²) in [4.78, 5) is 10.8. The van der Waals surface area contributed by atoms with E-state index in [2.05, 4.69) is 0 Å². The van der Waals surface area contributed by atoms with Crippen molar-refractivity contribution in [2.24, 2.45) is 0 Å². The maximum absolute atomic E-state index is 13.1. The highest BCUT2D eigenvalue weighted by molar-refractivity contribution is 8.13. The normalized spacial score (nSPS) is 13.8. The Morgan fingerprint density at radius 3 is 2.56 bits per heavy atom. The Labute approximate surface area is 97.0 Å². The Bertz CT molecular complexity index is 211. The van der Waals surface area contributed by atoms with Crippen LogP contribution in [0.3, 0.4) is 0 Å². The third-order valence-electron chi connectivity index (χ3n) is 2.04. The summed E-state index contributed by atoms with van der Waals surface area (Å²) in [5.41, 5.74) is 0. The molecule has 0 aliphatic rings. The lowest BCUT2D eigenvalue weighted by Crippen LogP contribution is -2.30.